The van der Waals surface area contributed by atoms with Gasteiger partial charge in [-0.1, -0.05) is 6.07 Å². The Labute approximate surface area is 99.0 Å². The summed E-state index contributed by atoms with van der Waals surface area (Å²) in [6.07, 6.45) is -2.86. The first-order chi connectivity index (χ1) is 7.04. The Hall–Kier alpha value is -0.790. The van der Waals surface area contributed by atoms with Gasteiger partial charge >= 0.3 is 5.97 Å². The molecule has 6 heteroatoms. The van der Waals surface area contributed by atoms with Gasteiger partial charge in [-0.3, -0.25) is 4.79 Å². The summed E-state index contributed by atoms with van der Waals surface area (Å²) >= 11 is 1.84. The predicted octanol–water partition coefficient (Wildman–Crippen LogP) is 2.34. The zero-order chi connectivity index (χ0) is 11.4. The largest absolute Gasteiger partial charge is 0.469 e. The summed E-state index contributed by atoms with van der Waals surface area (Å²) in [6, 6.07) is 3.04. The fraction of sp³-hybridized carbons (Fsp3) is 0.333. The second kappa shape index (κ2) is 5.34. The van der Waals surface area contributed by atoms with Crippen molar-refractivity contribution >= 4 is 28.6 Å². The monoisotopic (exact) mass is 327 g/mol. The van der Waals surface area contributed by atoms with Crippen molar-refractivity contribution in [3.63, 3.8) is 0 Å². The molecule has 0 spiro atoms. The van der Waals surface area contributed by atoms with Crippen LogP contribution < -0.4 is 0 Å². The molecule has 0 aromatic carbocycles. The van der Waals surface area contributed by atoms with Crippen molar-refractivity contribution in [2.45, 2.75) is 12.8 Å². The summed E-state index contributed by atoms with van der Waals surface area (Å²) < 4.78 is 30.0. The van der Waals surface area contributed by atoms with Gasteiger partial charge in [0.1, 0.15) is 9.39 Å². The summed E-state index contributed by atoms with van der Waals surface area (Å²) in [4.78, 5) is 14.6. The van der Waals surface area contributed by atoms with Crippen LogP contribution in [0.5, 0.6) is 0 Å². The van der Waals surface area contributed by atoms with Gasteiger partial charge in [0.15, 0.2) is 0 Å². The average Bonchev–Trinajstić information content (AvgIpc) is 2.20. The Bertz CT molecular complexity index is 371. The number of ether oxygens (including phenoxy) is 1. The van der Waals surface area contributed by atoms with Crippen molar-refractivity contribution < 1.29 is 18.3 Å². The molecule has 1 aromatic heterocycles. The van der Waals surface area contributed by atoms with Gasteiger partial charge in [-0.2, -0.15) is 0 Å². The van der Waals surface area contributed by atoms with Gasteiger partial charge < -0.3 is 4.74 Å². The molecule has 0 N–H and O–H groups in total. The molecule has 0 aliphatic rings. The molecule has 0 fully saturated rings. The third-order valence-electron chi connectivity index (χ3n) is 1.75. The van der Waals surface area contributed by atoms with Crippen molar-refractivity contribution in [2.75, 3.05) is 7.11 Å². The lowest BCUT2D eigenvalue weighted by molar-refractivity contribution is -0.139. The van der Waals surface area contributed by atoms with Crippen LogP contribution in [0.15, 0.2) is 12.1 Å². The maximum Gasteiger partial charge on any atom is 0.310 e. The normalized spacial score (nSPS) is 10.5. The highest BCUT2D eigenvalue weighted by molar-refractivity contribution is 14.1. The van der Waals surface area contributed by atoms with Gasteiger partial charge in [0, 0.05) is 0 Å². The average molecular weight is 327 g/mol. The summed E-state index contributed by atoms with van der Waals surface area (Å²) in [5, 5.41) is 0. The van der Waals surface area contributed by atoms with Crippen LogP contribution in [0.4, 0.5) is 8.78 Å². The smallest absolute Gasteiger partial charge is 0.310 e. The molecule has 0 saturated carbocycles. The van der Waals surface area contributed by atoms with E-state index in [4.69, 9.17) is 0 Å². The Morgan fingerprint density at radius 1 is 1.60 bits per heavy atom. The molecular formula is C9H8F2INO2. The van der Waals surface area contributed by atoms with Crippen molar-refractivity contribution in [3.05, 3.63) is 27.1 Å². The van der Waals surface area contributed by atoms with Crippen LogP contribution in [0.3, 0.4) is 0 Å². The highest BCUT2D eigenvalue weighted by Gasteiger charge is 2.17. The van der Waals surface area contributed by atoms with Crippen LogP contribution in [-0.2, 0) is 16.0 Å². The molecule has 0 bridgehead atoms. The van der Waals surface area contributed by atoms with Gasteiger partial charge in [-0.25, -0.2) is 13.8 Å². The standard InChI is InChI=1S/C9H8F2INO2/c1-15-7(14)4-5-2-3-6(12)13-8(5)9(10)11/h2-3,9H,4H2,1H3. The fourth-order valence-corrected chi connectivity index (χ4v) is 1.48. The second-order valence-electron chi connectivity index (χ2n) is 2.73. The molecule has 0 saturated heterocycles. The van der Waals surface area contributed by atoms with E-state index in [1.807, 2.05) is 22.6 Å². The minimum Gasteiger partial charge on any atom is -0.469 e. The van der Waals surface area contributed by atoms with Crippen molar-refractivity contribution in [1.29, 1.82) is 0 Å². The lowest BCUT2D eigenvalue weighted by Crippen LogP contribution is -2.09. The van der Waals surface area contributed by atoms with Crippen molar-refractivity contribution in [3.8, 4) is 0 Å². The molecule has 0 aliphatic carbocycles. The lowest BCUT2D eigenvalue weighted by Gasteiger charge is -2.07. The predicted molar refractivity (Wildman–Crippen MR) is 57.6 cm³/mol. The highest BCUT2D eigenvalue weighted by Crippen LogP contribution is 2.22. The second-order valence-corrected chi connectivity index (χ2v) is 3.84. The minimum absolute atomic E-state index is 0.180. The number of aromatic nitrogens is 1. The van der Waals surface area contributed by atoms with Crippen LogP contribution in [0, 0.1) is 3.70 Å². The van der Waals surface area contributed by atoms with Crippen LogP contribution in [0.25, 0.3) is 0 Å². The quantitative estimate of drug-likeness (QED) is 0.486. The van der Waals surface area contributed by atoms with E-state index in [2.05, 4.69) is 9.72 Å². The molecule has 0 amide bonds. The van der Waals surface area contributed by atoms with E-state index in [-0.39, 0.29) is 17.7 Å². The number of carbonyl (C=O) groups excluding carboxylic acids is 1. The van der Waals surface area contributed by atoms with E-state index in [9.17, 15) is 13.6 Å². The Kier molecular flexibility index (Phi) is 4.37. The third-order valence-corrected chi connectivity index (χ3v) is 2.35. The number of alkyl halides is 2. The van der Waals surface area contributed by atoms with E-state index in [0.717, 1.165) is 0 Å². The highest BCUT2D eigenvalue weighted by atomic mass is 127. The molecule has 0 radical (unpaired) electrons. The van der Waals surface area contributed by atoms with Gasteiger partial charge in [-0.15, -0.1) is 0 Å². The molecule has 15 heavy (non-hydrogen) atoms. The topological polar surface area (TPSA) is 39.2 Å². The van der Waals surface area contributed by atoms with Crippen molar-refractivity contribution in [2.24, 2.45) is 0 Å². The van der Waals surface area contributed by atoms with E-state index < -0.39 is 12.4 Å². The number of carbonyl (C=O) groups is 1. The van der Waals surface area contributed by atoms with Gasteiger partial charge in [0.2, 0.25) is 0 Å². The maximum absolute atomic E-state index is 12.5. The zero-order valence-corrected chi connectivity index (χ0v) is 9.99. The number of rotatable bonds is 3. The maximum atomic E-state index is 12.5. The van der Waals surface area contributed by atoms with Crippen LogP contribution in [0.2, 0.25) is 0 Å². The van der Waals surface area contributed by atoms with Crippen LogP contribution in [-0.4, -0.2) is 18.1 Å². The number of nitrogens with zero attached hydrogens (tertiary/aromatic N) is 1. The summed E-state index contributed by atoms with van der Waals surface area (Å²) in [7, 11) is 1.21. The number of halogens is 3. The van der Waals surface area contributed by atoms with Crippen molar-refractivity contribution in [1.82, 2.24) is 4.98 Å². The van der Waals surface area contributed by atoms with Gasteiger partial charge in [0.25, 0.3) is 6.43 Å². The molecule has 1 aromatic rings. The van der Waals surface area contributed by atoms with E-state index in [1.54, 1.807) is 6.07 Å². The van der Waals surface area contributed by atoms with E-state index >= 15 is 0 Å². The summed E-state index contributed by atoms with van der Waals surface area (Å²) in [5.74, 6) is -0.556. The Morgan fingerprint density at radius 3 is 2.80 bits per heavy atom. The number of hydrogen-bond donors (Lipinski definition) is 0. The van der Waals surface area contributed by atoms with Gasteiger partial charge in [0.05, 0.1) is 13.5 Å². The summed E-state index contributed by atoms with van der Waals surface area (Å²) in [5.41, 5.74) is -0.149. The summed E-state index contributed by atoms with van der Waals surface area (Å²) in [6.45, 7) is 0. The number of pyridine rings is 1. The zero-order valence-electron chi connectivity index (χ0n) is 7.84. The molecule has 82 valence electrons. The first-order valence-electron chi connectivity index (χ1n) is 4.05. The first kappa shape index (κ1) is 12.3. The first-order valence-corrected chi connectivity index (χ1v) is 5.12. The van der Waals surface area contributed by atoms with E-state index in [1.165, 1.54) is 13.2 Å². The fourth-order valence-electron chi connectivity index (χ4n) is 1.04. The lowest BCUT2D eigenvalue weighted by atomic mass is 10.1. The molecule has 0 aliphatic heterocycles. The molecule has 1 rings (SSSR count). The molecular weight excluding hydrogens is 319 g/mol. The molecule has 0 atom stereocenters. The minimum atomic E-state index is -2.68. The Balaban J connectivity index is 3.00. The SMILES string of the molecule is COC(=O)Cc1ccc(I)nc1C(F)F. The van der Waals surface area contributed by atoms with Crippen LogP contribution >= 0.6 is 22.6 Å². The Morgan fingerprint density at radius 2 is 2.27 bits per heavy atom. The molecule has 1 heterocycles. The number of esters is 1. The number of methoxy groups -OCH3 is 1. The third kappa shape index (κ3) is 3.37. The van der Waals surface area contributed by atoms with Crippen LogP contribution in [0.1, 0.15) is 17.7 Å². The van der Waals surface area contributed by atoms with E-state index in [0.29, 0.717) is 3.70 Å². The number of hydrogen-bond acceptors (Lipinski definition) is 3. The van der Waals surface area contributed by atoms with Gasteiger partial charge in [-0.05, 0) is 34.2 Å². The molecule has 0 unspecified atom stereocenters. The molecule has 3 nitrogen and oxygen atoms in total.